The molecule has 0 unspecified atom stereocenters. The fourth-order valence-corrected chi connectivity index (χ4v) is 1.00. The Labute approximate surface area is 95.2 Å². The third-order valence-electron chi connectivity index (χ3n) is 1.96. The second-order valence-corrected chi connectivity index (χ2v) is 4.63. The minimum absolute atomic E-state index is 0.196. The molecule has 0 aliphatic rings. The predicted molar refractivity (Wildman–Crippen MR) is 60.5 cm³/mol. The van der Waals surface area contributed by atoms with Crippen molar-refractivity contribution in [2.75, 3.05) is 0 Å². The summed E-state index contributed by atoms with van der Waals surface area (Å²) in [5.41, 5.74) is 2.90. The van der Waals surface area contributed by atoms with Crippen LogP contribution in [0.15, 0.2) is 24.3 Å². The minimum Gasteiger partial charge on any atom is -0.508 e. The second-order valence-electron chi connectivity index (χ2n) is 4.63. The van der Waals surface area contributed by atoms with Gasteiger partial charge in [0.15, 0.2) is 0 Å². The highest BCUT2D eigenvalue weighted by atomic mass is 16.7. The zero-order valence-corrected chi connectivity index (χ0v) is 9.78. The van der Waals surface area contributed by atoms with E-state index in [1.54, 1.807) is 39.0 Å². The molecule has 0 aromatic heterocycles. The predicted octanol–water partition coefficient (Wildman–Crippen LogP) is 1.99. The Morgan fingerprint density at radius 2 is 2.12 bits per heavy atom. The highest BCUT2D eigenvalue weighted by Gasteiger charge is 2.23. The summed E-state index contributed by atoms with van der Waals surface area (Å²) in [6, 6.07) is 6.76. The first-order chi connectivity index (χ1) is 7.39. The van der Waals surface area contributed by atoms with E-state index in [-0.39, 0.29) is 11.7 Å². The van der Waals surface area contributed by atoms with Gasteiger partial charge in [0, 0.05) is 0 Å². The van der Waals surface area contributed by atoms with Gasteiger partial charge in [-0.2, -0.15) is 0 Å². The molecule has 0 radical (unpaired) electrons. The Bertz CT molecular complexity index is 369. The number of rotatable bonds is 3. The Balaban J connectivity index is 2.39. The number of phenolic OH excluding ortho intramolecular Hbond substituents is 1. The topological polar surface area (TPSA) is 58.6 Å². The molecule has 0 bridgehead atoms. The van der Waals surface area contributed by atoms with Crippen LogP contribution in [0.4, 0.5) is 0 Å². The van der Waals surface area contributed by atoms with Crippen LogP contribution in [0.5, 0.6) is 5.75 Å². The van der Waals surface area contributed by atoms with Crippen LogP contribution in [0.25, 0.3) is 0 Å². The van der Waals surface area contributed by atoms with Crippen LogP contribution < -0.4 is 5.48 Å². The molecule has 1 rings (SSSR count). The monoisotopic (exact) mass is 223 g/mol. The summed E-state index contributed by atoms with van der Waals surface area (Å²) in [6.45, 7) is 5.72. The average molecular weight is 223 g/mol. The maximum atomic E-state index is 11.4. The number of hydrogen-bond donors (Lipinski definition) is 2. The summed E-state index contributed by atoms with van der Waals surface area (Å²) in [4.78, 5) is 16.3. The number of nitrogens with one attached hydrogen (secondary N) is 1. The van der Waals surface area contributed by atoms with Crippen molar-refractivity contribution < 1.29 is 14.7 Å². The third-order valence-corrected chi connectivity index (χ3v) is 1.96. The Morgan fingerprint density at radius 3 is 2.69 bits per heavy atom. The summed E-state index contributed by atoms with van der Waals surface area (Å²) in [5, 5.41) is 9.22. The first-order valence-electron chi connectivity index (χ1n) is 5.11. The van der Waals surface area contributed by atoms with Gasteiger partial charge in [0.25, 0.3) is 0 Å². The van der Waals surface area contributed by atoms with Crippen molar-refractivity contribution in [3.8, 4) is 5.75 Å². The first kappa shape index (κ1) is 12.5. The number of carbonyl (C=O) groups is 1. The summed E-state index contributed by atoms with van der Waals surface area (Å²) < 4.78 is 0. The lowest BCUT2D eigenvalue weighted by Gasteiger charge is -2.16. The molecule has 0 heterocycles. The van der Waals surface area contributed by atoms with E-state index < -0.39 is 5.41 Å². The van der Waals surface area contributed by atoms with Gasteiger partial charge in [0.2, 0.25) is 0 Å². The number of phenols is 1. The average Bonchev–Trinajstić information content (AvgIpc) is 2.16. The van der Waals surface area contributed by atoms with E-state index in [0.29, 0.717) is 6.54 Å². The van der Waals surface area contributed by atoms with E-state index in [1.165, 1.54) is 0 Å². The fraction of sp³-hybridized carbons (Fsp3) is 0.417. The van der Waals surface area contributed by atoms with Gasteiger partial charge in [-0.1, -0.05) is 12.1 Å². The maximum absolute atomic E-state index is 11.4. The molecule has 0 saturated carbocycles. The van der Waals surface area contributed by atoms with Crippen molar-refractivity contribution >= 4 is 5.97 Å². The summed E-state index contributed by atoms with van der Waals surface area (Å²) in [7, 11) is 0. The van der Waals surface area contributed by atoms with Crippen LogP contribution in [0, 0.1) is 5.41 Å². The summed E-state index contributed by atoms with van der Waals surface area (Å²) in [5.74, 6) is -0.117. The summed E-state index contributed by atoms with van der Waals surface area (Å²) >= 11 is 0. The lowest BCUT2D eigenvalue weighted by molar-refractivity contribution is -0.161. The van der Waals surface area contributed by atoms with Gasteiger partial charge < -0.3 is 9.94 Å². The highest BCUT2D eigenvalue weighted by Crippen LogP contribution is 2.14. The van der Waals surface area contributed by atoms with Gasteiger partial charge in [0.1, 0.15) is 5.75 Å². The highest BCUT2D eigenvalue weighted by molar-refractivity contribution is 5.75. The molecule has 1 aromatic carbocycles. The number of carbonyl (C=O) groups excluding carboxylic acids is 1. The van der Waals surface area contributed by atoms with Crippen molar-refractivity contribution in [2.45, 2.75) is 27.3 Å². The molecule has 2 N–H and O–H groups in total. The molecule has 16 heavy (non-hydrogen) atoms. The molecule has 0 atom stereocenters. The molecule has 0 amide bonds. The standard InChI is InChI=1S/C12H17NO3/c1-12(2,3)11(15)16-13-8-9-5-4-6-10(14)7-9/h4-7,13-14H,8H2,1-3H3. The molecule has 0 aliphatic carbocycles. The molecule has 0 aliphatic heterocycles. The van der Waals surface area contributed by atoms with Crippen LogP contribution in [0.3, 0.4) is 0 Å². The number of aromatic hydroxyl groups is 1. The smallest absolute Gasteiger partial charge is 0.329 e. The van der Waals surface area contributed by atoms with Crippen LogP contribution in [0.2, 0.25) is 0 Å². The fourth-order valence-electron chi connectivity index (χ4n) is 1.00. The van der Waals surface area contributed by atoms with Gasteiger partial charge in [-0.05, 0) is 38.5 Å². The lowest BCUT2D eigenvalue weighted by atomic mass is 9.98. The van der Waals surface area contributed by atoms with E-state index in [2.05, 4.69) is 5.48 Å². The normalized spacial score (nSPS) is 11.2. The van der Waals surface area contributed by atoms with Crippen molar-refractivity contribution in [1.29, 1.82) is 0 Å². The number of benzene rings is 1. The zero-order valence-electron chi connectivity index (χ0n) is 9.78. The quantitative estimate of drug-likeness (QED) is 0.769. The molecule has 0 fully saturated rings. The van der Waals surface area contributed by atoms with Crippen LogP contribution in [0.1, 0.15) is 26.3 Å². The van der Waals surface area contributed by atoms with E-state index in [4.69, 9.17) is 4.84 Å². The first-order valence-corrected chi connectivity index (χ1v) is 5.11. The molecular formula is C12H17NO3. The van der Waals surface area contributed by atoms with Gasteiger partial charge in [0.05, 0.1) is 12.0 Å². The van der Waals surface area contributed by atoms with E-state index >= 15 is 0 Å². The molecule has 4 heteroatoms. The van der Waals surface area contributed by atoms with E-state index in [9.17, 15) is 9.90 Å². The Hall–Kier alpha value is -1.55. The second kappa shape index (κ2) is 4.99. The molecule has 88 valence electrons. The van der Waals surface area contributed by atoms with E-state index in [1.807, 2.05) is 6.07 Å². The van der Waals surface area contributed by atoms with Crippen molar-refractivity contribution in [2.24, 2.45) is 5.41 Å². The lowest BCUT2D eigenvalue weighted by Crippen LogP contribution is -2.29. The van der Waals surface area contributed by atoms with Gasteiger partial charge >= 0.3 is 5.97 Å². The zero-order chi connectivity index (χ0) is 12.2. The molecular weight excluding hydrogens is 206 g/mol. The third kappa shape index (κ3) is 3.90. The van der Waals surface area contributed by atoms with Crippen LogP contribution in [-0.2, 0) is 16.2 Å². The SMILES string of the molecule is CC(C)(C)C(=O)ONCc1cccc(O)c1. The van der Waals surface area contributed by atoms with Crippen LogP contribution in [-0.4, -0.2) is 11.1 Å². The van der Waals surface area contributed by atoms with Crippen LogP contribution >= 0.6 is 0 Å². The summed E-state index contributed by atoms with van der Waals surface area (Å²) in [6.07, 6.45) is 0. The molecule has 1 aromatic rings. The van der Waals surface area contributed by atoms with Crippen molar-refractivity contribution in [3.05, 3.63) is 29.8 Å². The minimum atomic E-state index is -0.522. The number of hydrogen-bond acceptors (Lipinski definition) is 4. The Morgan fingerprint density at radius 1 is 1.44 bits per heavy atom. The number of hydroxylamine groups is 1. The van der Waals surface area contributed by atoms with Gasteiger partial charge in [-0.15, -0.1) is 5.48 Å². The Kier molecular flexibility index (Phi) is 3.90. The van der Waals surface area contributed by atoms with Gasteiger partial charge in [-0.25, -0.2) is 4.79 Å². The largest absolute Gasteiger partial charge is 0.508 e. The van der Waals surface area contributed by atoms with Crippen molar-refractivity contribution in [1.82, 2.24) is 5.48 Å². The molecule has 0 spiro atoms. The van der Waals surface area contributed by atoms with Crippen molar-refractivity contribution in [3.63, 3.8) is 0 Å². The molecule has 4 nitrogen and oxygen atoms in total. The van der Waals surface area contributed by atoms with Gasteiger partial charge in [-0.3, -0.25) is 0 Å². The van der Waals surface area contributed by atoms with E-state index in [0.717, 1.165) is 5.56 Å². The molecule has 0 saturated heterocycles. The maximum Gasteiger partial charge on any atom is 0.329 e.